The first-order valence-corrected chi connectivity index (χ1v) is 11.1. The molecule has 5 rings (SSSR count). The molecule has 0 radical (unpaired) electrons. The van der Waals surface area contributed by atoms with Gasteiger partial charge in [0, 0.05) is 31.0 Å². The molecule has 3 aromatic rings. The Morgan fingerprint density at radius 1 is 1.18 bits per heavy atom. The minimum atomic E-state index is -0.567. The Bertz CT molecular complexity index is 1220. The van der Waals surface area contributed by atoms with Gasteiger partial charge in [0.15, 0.2) is 0 Å². The van der Waals surface area contributed by atoms with Gasteiger partial charge >= 0.3 is 5.97 Å². The minimum Gasteiger partial charge on any atom is -0.462 e. The topological polar surface area (TPSA) is 125 Å². The number of ether oxygens (including phenoxy) is 2. The van der Waals surface area contributed by atoms with E-state index in [4.69, 9.17) is 14.0 Å². The van der Waals surface area contributed by atoms with E-state index in [0.717, 1.165) is 18.4 Å². The highest BCUT2D eigenvalue weighted by atomic mass is 16.5. The third-order valence-electron chi connectivity index (χ3n) is 5.77. The number of imide groups is 1. The van der Waals surface area contributed by atoms with Crippen LogP contribution in [0, 0.1) is 0 Å². The molecule has 1 aromatic carbocycles. The third-order valence-corrected chi connectivity index (χ3v) is 5.77. The monoisotopic (exact) mass is 462 g/mol. The standard InChI is InChI=1S/C24H22N4O6/c29-22-18-8-7-15(12-19(18)23(30)28(22)14-17-5-2-10-32-17)24(31)33-11-3-6-20-26-21(27-34-20)16-4-1-9-25-13-16/h1,4,7-9,12-13,17H,2-3,5-6,10-11,14H2. The summed E-state index contributed by atoms with van der Waals surface area (Å²) in [7, 11) is 0. The second-order valence-electron chi connectivity index (χ2n) is 8.11. The molecule has 1 saturated heterocycles. The lowest BCUT2D eigenvalue weighted by Gasteiger charge is -2.17. The number of fused-ring (bicyclic) bond motifs is 1. The van der Waals surface area contributed by atoms with Crippen LogP contribution in [-0.4, -0.2) is 63.7 Å². The van der Waals surface area contributed by atoms with E-state index in [0.29, 0.717) is 36.7 Å². The molecule has 0 bridgehead atoms. The quantitative estimate of drug-likeness (QED) is 0.282. The minimum absolute atomic E-state index is 0.133. The number of aryl methyl sites for hydroxylation is 1. The predicted molar refractivity (Wildman–Crippen MR) is 117 cm³/mol. The van der Waals surface area contributed by atoms with Crippen molar-refractivity contribution in [1.82, 2.24) is 20.0 Å². The summed E-state index contributed by atoms with van der Waals surface area (Å²) in [5.74, 6) is -0.456. The summed E-state index contributed by atoms with van der Waals surface area (Å²) in [6, 6.07) is 8.04. The van der Waals surface area contributed by atoms with Crippen molar-refractivity contribution in [1.29, 1.82) is 0 Å². The highest BCUT2D eigenvalue weighted by Gasteiger charge is 2.38. The predicted octanol–water partition coefficient (Wildman–Crippen LogP) is 2.70. The summed E-state index contributed by atoms with van der Waals surface area (Å²) in [5.41, 5.74) is 1.48. The summed E-state index contributed by atoms with van der Waals surface area (Å²) in [5, 5.41) is 3.93. The summed E-state index contributed by atoms with van der Waals surface area (Å²) in [6.07, 6.45) is 5.84. The van der Waals surface area contributed by atoms with E-state index in [1.54, 1.807) is 18.5 Å². The highest BCUT2D eigenvalue weighted by Crippen LogP contribution is 2.26. The number of pyridine rings is 1. The van der Waals surface area contributed by atoms with Crippen LogP contribution in [0.5, 0.6) is 0 Å². The fourth-order valence-electron chi connectivity index (χ4n) is 4.02. The summed E-state index contributed by atoms with van der Waals surface area (Å²) in [6.45, 7) is 1.00. The maximum atomic E-state index is 12.8. The van der Waals surface area contributed by atoms with Crippen LogP contribution >= 0.6 is 0 Å². The Labute approximate surface area is 194 Å². The molecule has 0 N–H and O–H groups in total. The lowest BCUT2D eigenvalue weighted by atomic mass is 10.1. The van der Waals surface area contributed by atoms with Crippen molar-refractivity contribution in [3.63, 3.8) is 0 Å². The van der Waals surface area contributed by atoms with E-state index in [9.17, 15) is 14.4 Å². The van der Waals surface area contributed by atoms with Crippen LogP contribution in [-0.2, 0) is 15.9 Å². The second kappa shape index (κ2) is 9.52. The van der Waals surface area contributed by atoms with Gasteiger partial charge < -0.3 is 14.0 Å². The van der Waals surface area contributed by atoms with E-state index in [-0.39, 0.29) is 36.3 Å². The van der Waals surface area contributed by atoms with E-state index in [1.807, 2.05) is 6.07 Å². The van der Waals surface area contributed by atoms with Crippen molar-refractivity contribution in [3.8, 4) is 11.4 Å². The van der Waals surface area contributed by atoms with Gasteiger partial charge in [-0.2, -0.15) is 4.98 Å². The molecule has 2 aliphatic heterocycles. The fraction of sp³-hybridized carbons (Fsp3) is 0.333. The van der Waals surface area contributed by atoms with Crippen molar-refractivity contribution >= 4 is 17.8 Å². The Kier molecular flexibility index (Phi) is 6.13. The number of aromatic nitrogens is 3. The zero-order chi connectivity index (χ0) is 23.5. The fourth-order valence-corrected chi connectivity index (χ4v) is 4.02. The number of carbonyl (C=O) groups is 3. The SMILES string of the molecule is O=C(OCCCc1nc(-c2cccnc2)no1)c1ccc2c(c1)C(=O)N(CC1CCCO1)C2=O. The van der Waals surface area contributed by atoms with Crippen molar-refractivity contribution < 1.29 is 28.4 Å². The molecule has 34 heavy (non-hydrogen) atoms. The van der Waals surface area contributed by atoms with E-state index in [2.05, 4.69) is 15.1 Å². The molecule has 1 atom stereocenters. The summed E-state index contributed by atoms with van der Waals surface area (Å²) >= 11 is 0. The molecule has 1 unspecified atom stereocenters. The lowest BCUT2D eigenvalue weighted by molar-refractivity contribution is 0.0474. The number of esters is 1. The Morgan fingerprint density at radius 3 is 2.85 bits per heavy atom. The number of carbonyl (C=O) groups excluding carboxylic acids is 3. The molecule has 10 nitrogen and oxygen atoms in total. The number of hydrogen-bond acceptors (Lipinski definition) is 9. The van der Waals surface area contributed by atoms with Crippen LogP contribution in [0.2, 0.25) is 0 Å². The molecule has 4 heterocycles. The van der Waals surface area contributed by atoms with Gasteiger partial charge in [-0.3, -0.25) is 19.5 Å². The van der Waals surface area contributed by atoms with Gasteiger partial charge in [0.25, 0.3) is 11.8 Å². The van der Waals surface area contributed by atoms with Crippen LogP contribution < -0.4 is 0 Å². The van der Waals surface area contributed by atoms with Gasteiger partial charge in [-0.1, -0.05) is 5.16 Å². The summed E-state index contributed by atoms with van der Waals surface area (Å²) < 4.78 is 16.1. The third kappa shape index (κ3) is 4.44. The van der Waals surface area contributed by atoms with E-state index < -0.39 is 11.9 Å². The number of benzene rings is 1. The van der Waals surface area contributed by atoms with Crippen LogP contribution in [0.4, 0.5) is 0 Å². The Morgan fingerprint density at radius 2 is 2.06 bits per heavy atom. The average Bonchev–Trinajstić information content (AvgIpc) is 3.61. The van der Waals surface area contributed by atoms with Gasteiger partial charge in [-0.05, 0) is 49.6 Å². The molecular weight excluding hydrogens is 440 g/mol. The highest BCUT2D eigenvalue weighted by molar-refractivity contribution is 6.22. The number of rotatable bonds is 8. The molecule has 1 fully saturated rings. The normalized spacial score (nSPS) is 17.3. The maximum absolute atomic E-state index is 12.8. The first-order valence-electron chi connectivity index (χ1n) is 11.1. The van der Waals surface area contributed by atoms with Crippen LogP contribution in [0.3, 0.4) is 0 Å². The first kappa shape index (κ1) is 21.9. The van der Waals surface area contributed by atoms with E-state index >= 15 is 0 Å². The van der Waals surface area contributed by atoms with Gasteiger partial charge in [0.2, 0.25) is 11.7 Å². The van der Waals surface area contributed by atoms with Gasteiger partial charge in [0.05, 0.1) is 35.9 Å². The molecule has 0 spiro atoms. The van der Waals surface area contributed by atoms with Crippen molar-refractivity contribution in [2.75, 3.05) is 19.8 Å². The Balaban J connectivity index is 1.14. The lowest BCUT2D eigenvalue weighted by Crippen LogP contribution is -2.36. The molecule has 2 aromatic heterocycles. The maximum Gasteiger partial charge on any atom is 0.338 e. The molecule has 174 valence electrons. The second-order valence-corrected chi connectivity index (χ2v) is 8.11. The van der Waals surface area contributed by atoms with Crippen molar-refractivity contribution in [2.24, 2.45) is 0 Å². The molecule has 0 aliphatic carbocycles. The van der Waals surface area contributed by atoms with Gasteiger partial charge in [0.1, 0.15) is 0 Å². The molecule has 2 aliphatic rings. The number of nitrogens with zero attached hydrogens (tertiary/aromatic N) is 4. The molecular formula is C24H22N4O6. The largest absolute Gasteiger partial charge is 0.462 e. The zero-order valence-corrected chi connectivity index (χ0v) is 18.3. The Hall–Kier alpha value is -3.92. The molecule has 0 saturated carbocycles. The van der Waals surface area contributed by atoms with E-state index in [1.165, 1.54) is 23.1 Å². The molecule has 10 heteroatoms. The number of amides is 2. The van der Waals surface area contributed by atoms with Crippen molar-refractivity contribution in [3.05, 3.63) is 65.3 Å². The molecule has 2 amide bonds. The zero-order valence-electron chi connectivity index (χ0n) is 18.3. The van der Waals surface area contributed by atoms with Crippen LogP contribution in [0.15, 0.2) is 47.2 Å². The smallest absolute Gasteiger partial charge is 0.338 e. The van der Waals surface area contributed by atoms with Gasteiger partial charge in [-0.15, -0.1) is 0 Å². The average molecular weight is 462 g/mol. The summed E-state index contributed by atoms with van der Waals surface area (Å²) in [4.78, 5) is 47.4. The van der Waals surface area contributed by atoms with Crippen LogP contribution in [0.25, 0.3) is 11.4 Å². The first-order chi connectivity index (χ1) is 16.6. The van der Waals surface area contributed by atoms with Crippen molar-refractivity contribution in [2.45, 2.75) is 31.8 Å². The van der Waals surface area contributed by atoms with Crippen LogP contribution in [0.1, 0.15) is 56.2 Å². The number of hydrogen-bond donors (Lipinski definition) is 0. The van der Waals surface area contributed by atoms with Gasteiger partial charge in [-0.25, -0.2) is 4.79 Å².